The van der Waals surface area contributed by atoms with E-state index >= 15 is 0 Å². The summed E-state index contributed by atoms with van der Waals surface area (Å²) < 4.78 is 10.3. The van der Waals surface area contributed by atoms with E-state index in [0.29, 0.717) is 6.79 Å². The van der Waals surface area contributed by atoms with Crippen LogP contribution in [0.25, 0.3) is 0 Å². The van der Waals surface area contributed by atoms with E-state index in [4.69, 9.17) is 21.1 Å². The summed E-state index contributed by atoms with van der Waals surface area (Å²) in [6.45, 7) is 18.4. The first kappa shape index (κ1) is 31.2. The summed E-state index contributed by atoms with van der Waals surface area (Å²) in [4.78, 5) is 0. The van der Waals surface area contributed by atoms with Crippen LogP contribution in [-0.2, 0) is 9.47 Å². The first-order chi connectivity index (χ1) is 14.7. The molecule has 0 bridgehead atoms. The van der Waals surface area contributed by atoms with Crippen molar-refractivity contribution >= 4 is 11.6 Å². The van der Waals surface area contributed by atoms with Crippen LogP contribution in [0.1, 0.15) is 113 Å². The Kier molecular flexibility index (Phi) is 19.8. The molecule has 0 saturated heterocycles. The van der Waals surface area contributed by atoms with Gasteiger partial charge in [-0.2, -0.15) is 0 Å². The smallest absolute Gasteiger partial charge is 0.146 e. The summed E-state index contributed by atoms with van der Waals surface area (Å²) in [5, 5.41) is 0. The molecule has 0 spiro atoms. The molecular weight excluding hydrogens is 404 g/mol. The molecule has 188 valence electrons. The molecule has 7 unspecified atom stereocenters. The van der Waals surface area contributed by atoms with E-state index in [1.54, 1.807) is 7.11 Å². The molecule has 0 aromatic rings. The van der Waals surface area contributed by atoms with E-state index in [0.717, 1.165) is 60.3 Å². The van der Waals surface area contributed by atoms with E-state index in [-0.39, 0.29) is 0 Å². The molecule has 0 aliphatic rings. The van der Waals surface area contributed by atoms with Crippen LogP contribution in [0.2, 0.25) is 0 Å². The molecule has 0 aromatic heterocycles. The molecule has 0 heterocycles. The second-order valence-corrected chi connectivity index (χ2v) is 11.8. The highest BCUT2D eigenvalue weighted by atomic mass is 35.5. The highest BCUT2D eigenvalue weighted by Crippen LogP contribution is 2.30. The van der Waals surface area contributed by atoms with Gasteiger partial charge in [-0.3, -0.25) is 0 Å². The van der Waals surface area contributed by atoms with Crippen molar-refractivity contribution in [2.75, 3.05) is 26.4 Å². The zero-order valence-electron chi connectivity index (χ0n) is 22.4. The standard InChI is InChI=1S/C28H57ClO2/c1-22(11-9-13-29)15-24(3)17-26(5)19-28(7)20-27(6)18-25(4)16-23(2)12-10-14-31-21-30-8/h22-28H,9-21H2,1-8H3. The second-order valence-electron chi connectivity index (χ2n) is 11.4. The van der Waals surface area contributed by atoms with Crippen LogP contribution in [0.15, 0.2) is 0 Å². The molecule has 0 N–H and O–H groups in total. The Balaban J connectivity index is 4.01. The van der Waals surface area contributed by atoms with Gasteiger partial charge in [0, 0.05) is 19.6 Å². The van der Waals surface area contributed by atoms with Gasteiger partial charge in [0.25, 0.3) is 0 Å². The molecule has 2 nitrogen and oxygen atoms in total. The minimum absolute atomic E-state index is 0.422. The lowest BCUT2D eigenvalue weighted by Gasteiger charge is -2.26. The summed E-state index contributed by atoms with van der Waals surface area (Å²) in [5.41, 5.74) is 0. The maximum atomic E-state index is 5.85. The van der Waals surface area contributed by atoms with Crippen LogP contribution in [-0.4, -0.2) is 26.4 Å². The zero-order valence-corrected chi connectivity index (χ0v) is 23.2. The molecule has 0 amide bonds. The SMILES string of the molecule is COCOCCCC(C)CC(C)CC(C)CC(C)CC(C)CC(C)CC(C)CCCCl. The first-order valence-electron chi connectivity index (χ1n) is 13.3. The van der Waals surface area contributed by atoms with Gasteiger partial charge in [-0.15, -0.1) is 11.6 Å². The van der Waals surface area contributed by atoms with Crippen molar-refractivity contribution in [3.63, 3.8) is 0 Å². The highest BCUT2D eigenvalue weighted by molar-refractivity contribution is 6.17. The Morgan fingerprint density at radius 1 is 0.548 bits per heavy atom. The van der Waals surface area contributed by atoms with Crippen molar-refractivity contribution in [2.24, 2.45) is 41.4 Å². The monoisotopic (exact) mass is 460 g/mol. The number of rotatable bonds is 21. The molecule has 0 rings (SSSR count). The van der Waals surface area contributed by atoms with Crippen molar-refractivity contribution < 1.29 is 9.47 Å². The highest BCUT2D eigenvalue weighted by Gasteiger charge is 2.18. The van der Waals surface area contributed by atoms with E-state index in [1.807, 2.05) is 0 Å². The maximum absolute atomic E-state index is 5.85. The Morgan fingerprint density at radius 3 is 1.26 bits per heavy atom. The summed E-state index contributed by atoms with van der Waals surface area (Å²) in [6, 6.07) is 0. The van der Waals surface area contributed by atoms with Gasteiger partial charge in [0.1, 0.15) is 6.79 Å². The molecule has 0 aromatic carbocycles. The maximum Gasteiger partial charge on any atom is 0.146 e. The number of ether oxygens (including phenoxy) is 2. The second kappa shape index (κ2) is 19.7. The molecule has 3 heteroatoms. The lowest BCUT2D eigenvalue weighted by molar-refractivity contribution is -0.0323. The predicted octanol–water partition coefficient (Wildman–Crippen LogP) is 9.20. The first-order valence-corrected chi connectivity index (χ1v) is 13.8. The van der Waals surface area contributed by atoms with Crippen molar-refractivity contribution in [1.29, 1.82) is 0 Å². The van der Waals surface area contributed by atoms with Gasteiger partial charge < -0.3 is 9.47 Å². The average Bonchev–Trinajstić information content (AvgIpc) is 2.65. The van der Waals surface area contributed by atoms with E-state index in [1.165, 1.54) is 57.8 Å². The van der Waals surface area contributed by atoms with Gasteiger partial charge in [0.15, 0.2) is 0 Å². The number of hydrogen-bond donors (Lipinski definition) is 0. The van der Waals surface area contributed by atoms with Crippen molar-refractivity contribution in [2.45, 2.75) is 113 Å². The number of halogens is 1. The topological polar surface area (TPSA) is 18.5 Å². The average molecular weight is 461 g/mol. The quantitative estimate of drug-likeness (QED) is 0.0964. The third kappa shape index (κ3) is 19.4. The van der Waals surface area contributed by atoms with Gasteiger partial charge in [-0.05, 0) is 106 Å². The summed E-state index contributed by atoms with van der Waals surface area (Å²) in [6.07, 6.45) is 13.1. The van der Waals surface area contributed by atoms with Gasteiger partial charge in [-0.1, -0.05) is 48.5 Å². The van der Waals surface area contributed by atoms with Crippen molar-refractivity contribution in [1.82, 2.24) is 0 Å². The fraction of sp³-hybridized carbons (Fsp3) is 1.00. The fourth-order valence-corrected chi connectivity index (χ4v) is 6.09. The van der Waals surface area contributed by atoms with Crippen LogP contribution in [0.3, 0.4) is 0 Å². The third-order valence-electron chi connectivity index (χ3n) is 6.85. The van der Waals surface area contributed by atoms with Gasteiger partial charge in [0.2, 0.25) is 0 Å². The summed E-state index contributed by atoms with van der Waals surface area (Å²) in [5.74, 6) is 6.60. The summed E-state index contributed by atoms with van der Waals surface area (Å²) >= 11 is 5.85. The minimum atomic E-state index is 0.422. The Morgan fingerprint density at radius 2 is 0.903 bits per heavy atom. The van der Waals surface area contributed by atoms with Crippen molar-refractivity contribution in [3.05, 3.63) is 0 Å². The lowest BCUT2D eigenvalue weighted by Crippen LogP contribution is -2.14. The molecule has 0 fully saturated rings. The minimum Gasteiger partial charge on any atom is -0.359 e. The number of methoxy groups -OCH3 is 1. The Labute approximate surface area is 201 Å². The van der Waals surface area contributed by atoms with Crippen LogP contribution >= 0.6 is 11.6 Å². The van der Waals surface area contributed by atoms with Gasteiger partial charge in [-0.25, -0.2) is 0 Å². The normalized spacial score (nSPS) is 18.9. The van der Waals surface area contributed by atoms with E-state index < -0.39 is 0 Å². The molecule has 0 radical (unpaired) electrons. The van der Waals surface area contributed by atoms with Crippen LogP contribution < -0.4 is 0 Å². The van der Waals surface area contributed by atoms with Crippen LogP contribution in [0, 0.1) is 41.4 Å². The molecule has 0 aliphatic carbocycles. The third-order valence-corrected chi connectivity index (χ3v) is 7.11. The summed E-state index contributed by atoms with van der Waals surface area (Å²) in [7, 11) is 1.68. The van der Waals surface area contributed by atoms with E-state index in [2.05, 4.69) is 48.5 Å². The predicted molar refractivity (Wildman–Crippen MR) is 139 cm³/mol. The fourth-order valence-electron chi connectivity index (χ4n) is 5.94. The molecule has 7 atom stereocenters. The number of alkyl halides is 1. The van der Waals surface area contributed by atoms with Crippen LogP contribution in [0.5, 0.6) is 0 Å². The number of hydrogen-bond acceptors (Lipinski definition) is 2. The molecular formula is C28H57ClO2. The van der Waals surface area contributed by atoms with Gasteiger partial charge >= 0.3 is 0 Å². The Hall–Kier alpha value is 0.210. The molecule has 0 saturated carbocycles. The van der Waals surface area contributed by atoms with E-state index in [9.17, 15) is 0 Å². The Bertz CT molecular complexity index is 389. The van der Waals surface area contributed by atoms with Crippen LogP contribution in [0.4, 0.5) is 0 Å². The molecule has 31 heavy (non-hydrogen) atoms. The van der Waals surface area contributed by atoms with Gasteiger partial charge in [0.05, 0.1) is 0 Å². The lowest BCUT2D eigenvalue weighted by atomic mass is 9.80. The largest absolute Gasteiger partial charge is 0.359 e. The van der Waals surface area contributed by atoms with Crippen molar-refractivity contribution in [3.8, 4) is 0 Å². The zero-order chi connectivity index (χ0) is 23.6. The molecule has 0 aliphatic heterocycles.